The summed E-state index contributed by atoms with van der Waals surface area (Å²) in [6.45, 7) is 0.264. The van der Waals surface area contributed by atoms with Crippen LogP contribution >= 0.6 is 0 Å². The van der Waals surface area contributed by atoms with Crippen molar-refractivity contribution < 1.29 is 40.6 Å². The first kappa shape index (κ1) is 26.4. The summed E-state index contributed by atoms with van der Waals surface area (Å²) in [7, 11) is 0. The first-order valence-corrected chi connectivity index (χ1v) is 11.2. The van der Waals surface area contributed by atoms with Crippen LogP contribution in [0.3, 0.4) is 0 Å². The number of hydrogen-bond donors (Lipinski definition) is 0. The molecule has 0 saturated carbocycles. The van der Waals surface area contributed by atoms with Crippen LogP contribution in [0.2, 0.25) is 0 Å². The number of aryl methyl sites for hydroxylation is 1. The molecular formula is C26H24F6O3. The smallest absolute Gasteiger partial charge is 0.422 e. The molecule has 0 aliphatic carbocycles. The van der Waals surface area contributed by atoms with E-state index in [4.69, 9.17) is 4.74 Å². The Bertz CT molecular complexity index is 1190. The van der Waals surface area contributed by atoms with E-state index in [1.54, 1.807) is 6.07 Å². The van der Waals surface area contributed by atoms with Gasteiger partial charge < -0.3 is 9.47 Å². The summed E-state index contributed by atoms with van der Waals surface area (Å²) in [5, 5.41) is -0.318. The number of esters is 1. The number of fused-ring (bicyclic) bond motifs is 1. The molecule has 188 valence electrons. The molecule has 0 fully saturated rings. The van der Waals surface area contributed by atoms with Gasteiger partial charge in [0.15, 0.2) is 24.0 Å². The number of ether oxygens (including phenoxy) is 2. The third kappa shape index (κ3) is 7.13. The number of halogens is 6. The van der Waals surface area contributed by atoms with Gasteiger partial charge >= 0.3 is 12.1 Å². The van der Waals surface area contributed by atoms with E-state index >= 15 is 0 Å². The fourth-order valence-corrected chi connectivity index (χ4v) is 3.61. The van der Waals surface area contributed by atoms with Crippen molar-refractivity contribution >= 4 is 16.7 Å². The molecule has 0 bridgehead atoms. The Morgan fingerprint density at radius 2 is 1.63 bits per heavy atom. The second-order valence-corrected chi connectivity index (χ2v) is 8.16. The molecule has 0 saturated heterocycles. The molecule has 3 aromatic rings. The average molecular weight is 498 g/mol. The van der Waals surface area contributed by atoms with Crippen LogP contribution in [0.15, 0.2) is 42.5 Å². The van der Waals surface area contributed by atoms with E-state index in [9.17, 15) is 31.1 Å². The van der Waals surface area contributed by atoms with Gasteiger partial charge in [-0.1, -0.05) is 38.7 Å². The summed E-state index contributed by atoms with van der Waals surface area (Å²) in [6, 6.07) is 8.40. The van der Waals surface area contributed by atoms with Gasteiger partial charge in [-0.3, -0.25) is 0 Å². The normalized spacial score (nSPS) is 11.6. The van der Waals surface area contributed by atoms with E-state index < -0.39 is 42.0 Å². The number of alkyl halides is 3. The second kappa shape index (κ2) is 11.5. The molecule has 0 aliphatic heterocycles. The third-order valence-electron chi connectivity index (χ3n) is 5.37. The average Bonchev–Trinajstić information content (AvgIpc) is 2.78. The summed E-state index contributed by atoms with van der Waals surface area (Å²) in [4.78, 5) is 12.4. The molecule has 3 nitrogen and oxygen atoms in total. The van der Waals surface area contributed by atoms with Crippen LogP contribution in [0, 0.1) is 17.5 Å². The number of hydrogen-bond acceptors (Lipinski definition) is 3. The fourth-order valence-electron chi connectivity index (χ4n) is 3.61. The molecule has 0 atom stereocenters. The van der Waals surface area contributed by atoms with Crippen LogP contribution in [0.25, 0.3) is 10.8 Å². The lowest BCUT2D eigenvalue weighted by Gasteiger charge is -2.13. The van der Waals surface area contributed by atoms with Crippen LogP contribution in [-0.4, -0.2) is 18.8 Å². The molecule has 35 heavy (non-hydrogen) atoms. The van der Waals surface area contributed by atoms with Gasteiger partial charge in [0.25, 0.3) is 0 Å². The van der Waals surface area contributed by atoms with Gasteiger partial charge in [0.2, 0.25) is 0 Å². The fraction of sp³-hybridized carbons (Fsp3) is 0.346. The Morgan fingerprint density at radius 3 is 2.31 bits per heavy atom. The van der Waals surface area contributed by atoms with Crippen LogP contribution in [0.4, 0.5) is 26.3 Å². The Balaban J connectivity index is 1.71. The summed E-state index contributed by atoms with van der Waals surface area (Å²) < 4.78 is 89.6. The third-order valence-corrected chi connectivity index (χ3v) is 5.37. The number of benzene rings is 3. The van der Waals surface area contributed by atoms with E-state index in [1.165, 1.54) is 12.1 Å². The molecule has 0 radical (unpaired) electrons. The highest BCUT2D eigenvalue weighted by molar-refractivity contribution is 5.92. The van der Waals surface area contributed by atoms with Gasteiger partial charge in [0.05, 0.1) is 5.56 Å². The molecule has 9 heteroatoms. The Kier molecular flexibility index (Phi) is 8.64. The van der Waals surface area contributed by atoms with E-state index in [0.29, 0.717) is 6.42 Å². The highest BCUT2D eigenvalue weighted by Crippen LogP contribution is 2.33. The van der Waals surface area contributed by atoms with Crippen molar-refractivity contribution in [3.05, 3.63) is 71.0 Å². The molecular weight excluding hydrogens is 474 g/mol. The van der Waals surface area contributed by atoms with E-state index in [1.807, 2.05) is 0 Å². The van der Waals surface area contributed by atoms with E-state index in [-0.39, 0.29) is 22.1 Å². The molecule has 0 N–H and O–H groups in total. The summed E-state index contributed by atoms with van der Waals surface area (Å²) in [5.41, 5.74) is 0.462. The predicted molar refractivity (Wildman–Crippen MR) is 119 cm³/mol. The zero-order valence-electron chi connectivity index (χ0n) is 19.0. The Labute approximate surface area is 198 Å². The highest BCUT2D eigenvalue weighted by atomic mass is 19.4. The van der Waals surface area contributed by atoms with Crippen LogP contribution in [0.1, 0.15) is 54.9 Å². The lowest BCUT2D eigenvalue weighted by atomic mass is 10.0. The minimum atomic E-state index is -4.77. The Hall–Kier alpha value is -3.23. The first-order valence-electron chi connectivity index (χ1n) is 11.2. The van der Waals surface area contributed by atoms with Gasteiger partial charge in [-0.05, 0) is 60.2 Å². The molecule has 3 aromatic carbocycles. The molecule has 0 aliphatic rings. The number of carbonyl (C=O) groups excluding carboxylic acids is 1. The zero-order chi connectivity index (χ0) is 25.6. The molecule has 0 spiro atoms. The van der Waals surface area contributed by atoms with Crippen molar-refractivity contribution in [2.75, 3.05) is 6.61 Å². The minimum absolute atomic E-state index is 0.0800. The standard InChI is InChI=1S/C26H24F6O3/c1-2-3-4-5-6-7-16-8-10-20(21(27)12-16)25(33)35-18-9-11-19-17(13-18)14-22(28)24(23(19)29)34-15-26(30,31)32/h8-14H,2-7,15H2,1H3. The van der Waals surface area contributed by atoms with Crippen molar-refractivity contribution in [1.82, 2.24) is 0 Å². The van der Waals surface area contributed by atoms with Gasteiger partial charge in [-0.25, -0.2) is 18.0 Å². The van der Waals surface area contributed by atoms with Crippen molar-refractivity contribution in [3.63, 3.8) is 0 Å². The quantitative estimate of drug-likeness (QED) is 0.123. The number of rotatable bonds is 10. The second-order valence-electron chi connectivity index (χ2n) is 8.16. The SMILES string of the molecule is CCCCCCCc1ccc(C(=O)Oc2ccc3c(F)c(OCC(F)(F)F)c(F)cc3c2)c(F)c1. The number of unbranched alkanes of at least 4 members (excludes halogenated alkanes) is 4. The van der Waals surface area contributed by atoms with Gasteiger partial charge in [0, 0.05) is 5.39 Å². The summed E-state index contributed by atoms with van der Waals surface area (Å²) in [5.74, 6) is -5.69. The van der Waals surface area contributed by atoms with E-state index in [2.05, 4.69) is 11.7 Å². The predicted octanol–water partition coefficient (Wildman–Crippen LogP) is 7.93. The molecule has 0 heterocycles. The lowest BCUT2D eigenvalue weighted by molar-refractivity contribution is -0.154. The monoisotopic (exact) mass is 498 g/mol. The number of carbonyl (C=O) groups is 1. The van der Waals surface area contributed by atoms with Gasteiger partial charge in [-0.15, -0.1) is 0 Å². The maximum atomic E-state index is 14.5. The van der Waals surface area contributed by atoms with Crippen molar-refractivity contribution in [2.45, 2.75) is 51.6 Å². The zero-order valence-corrected chi connectivity index (χ0v) is 19.0. The van der Waals surface area contributed by atoms with Crippen molar-refractivity contribution in [3.8, 4) is 11.5 Å². The largest absolute Gasteiger partial charge is 0.478 e. The van der Waals surface area contributed by atoms with E-state index in [0.717, 1.165) is 61.9 Å². The van der Waals surface area contributed by atoms with Crippen molar-refractivity contribution in [1.29, 1.82) is 0 Å². The lowest BCUT2D eigenvalue weighted by Crippen LogP contribution is -2.20. The molecule has 3 rings (SSSR count). The Morgan fingerprint density at radius 1 is 0.886 bits per heavy atom. The molecule has 0 aromatic heterocycles. The first-order chi connectivity index (χ1) is 16.6. The van der Waals surface area contributed by atoms with Gasteiger partial charge in [0.1, 0.15) is 11.6 Å². The van der Waals surface area contributed by atoms with Gasteiger partial charge in [-0.2, -0.15) is 13.2 Å². The molecule has 0 amide bonds. The summed E-state index contributed by atoms with van der Waals surface area (Å²) in [6.07, 6.45) is 1.27. The minimum Gasteiger partial charge on any atom is -0.478 e. The topological polar surface area (TPSA) is 35.5 Å². The van der Waals surface area contributed by atoms with Crippen LogP contribution in [-0.2, 0) is 6.42 Å². The highest BCUT2D eigenvalue weighted by Gasteiger charge is 2.30. The maximum Gasteiger partial charge on any atom is 0.422 e. The molecule has 0 unspecified atom stereocenters. The van der Waals surface area contributed by atoms with Crippen molar-refractivity contribution in [2.24, 2.45) is 0 Å². The van der Waals surface area contributed by atoms with Crippen LogP contribution in [0.5, 0.6) is 11.5 Å². The maximum absolute atomic E-state index is 14.5. The summed E-state index contributed by atoms with van der Waals surface area (Å²) >= 11 is 0. The van der Waals surface area contributed by atoms with Crippen LogP contribution < -0.4 is 9.47 Å².